The average molecular weight is 550 g/mol. The fourth-order valence-electron chi connectivity index (χ4n) is 4.33. The minimum atomic E-state index is -4.07. The van der Waals surface area contributed by atoms with Crippen LogP contribution in [0.4, 0.5) is 5.69 Å². The second kappa shape index (κ2) is 13.9. The molecule has 0 saturated carbocycles. The minimum absolute atomic E-state index is 0.0926. The predicted molar refractivity (Wildman–Crippen MR) is 156 cm³/mol. The molecule has 3 rings (SSSR count). The first-order valence-corrected chi connectivity index (χ1v) is 14.9. The summed E-state index contributed by atoms with van der Waals surface area (Å²) < 4.78 is 28.9. The summed E-state index contributed by atoms with van der Waals surface area (Å²) in [6.07, 6.45) is 2.17. The van der Waals surface area contributed by atoms with Crippen LogP contribution in [0.2, 0.25) is 0 Å². The molecule has 0 heterocycles. The number of nitrogens with zero attached hydrogens (tertiary/aromatic N) is 2. The number of hydrogen-bond acceptors (Lipinski definition) is 4. The van der Waals surface area contributed by atoms with Gasteiger partial charge in [-0.2, -0.15) is 0 Å². The molecule has 8 heteroatoms. The maximum absolute atomic E-state index is 14.0. The van der Waals surface area contributed by atoms with Gasteiger partial charge in [-0.1, -0.05) is 74.9 Å². The predicted octanol–water partition coefficient (Wildman–Crippen LogP) is 5.22. The summed E-state index contributed by atoms with van der Waals surface area (Å²) in [5, 5.41) is 2.95. The molecule has 7 nitrogen and oxygen atoms in total. The highest BCUT2D eigenvalue weighted by Gasteiger charge is 2.33. The van der Waals surface area contributed by atoms with Crippen molar-refractivity contribution in [1.82, 2.24) is 10.2 Å². The lowest BCUT2D eigenvalue weighted by Gasteiger charge is -2.33. The number of sulfonamides is 1. The van der Waals surface area contributed by atoms with Gasteiger partial charge >= 0.3 is 0 Å². The summed E-state index contributed by atoms with van der Waals surface area (Å²) in [5.74, 6) is -0.687. The van der Waals surface area contributed by atoms with Crippen LogP contribution in [0.3, 0.4) is 0 Å². The summed E-state index contributed by atoms with van der Waals surface area (Å²) >= 11 is 0. The monoisotopic (exact) mass is 549 g/mol. The molecule has 0 radical (unpaired) electrons. The highest BCUT2D eigenvalue weighted by Crippen LogP contribution is 2.26. The van der Waals surface area contributed by atoms with E-state index in [1.54, 1.807) is 30.3 Å². The summed E-state index contributed by atoms with van der Waals surface area (Å²) in [7, 11) is -4.07. The Balaban J connectivity index is 2.03. The van der Waals surface area contributed by atoms with Crippen molar-refractivity contribution in [2.45, 2.75) is 64.4 Å². The van der Waals surface area contributed by atoms with Crippen LogP contribution in [-0.2, 0) is 26.2 Å². The molecule has 3 aromatic rings. The lowest BCUT2D eigenvalue weighted by Crippen LogP contribution is -2.52. The molecular weight excluding hydrogens is 510 g/mol. The zero-order chi connectivity index (χ0) is 28.4. The van der Waals surface area contributed by atoms with E-state index in [0.717, 1.165) is 33.8 Å². The van der Waals surface area contributed by atoms with Gasteiger partial charge in [-0.15, -0.1) is 0 Å². The number of carbonyl (C=O) groups excluding carboxylic acids is 2. The maximum Gasteiger partial charge on any atom is 0.264 e. The number of hydrogen-bond donors (Lipinski definition) is 1. The molecule has 3 aromatic carbocycles. The number of benzene rings is 3. The van der Waals surface area contributed by atoms with Crippen LogP contribution < -0.4 is 9.62 Å². The SMILES string of the molecule is CCCCNC(=O)C(CC)N(Cc1ccccc1)C(=O)CN(c1ccc(C)c(C)c1)S(=O)(=O)c1ccccc1. The molecule has 0 aliphatic carbocycles. The molecule has 0 fully saturated rings. The summed E-state index contributed by atoms with van der Waals surface area (Å²) in [6, 6.07) is 22.1. The Morgan fingerprint density at radius 3 is 2.10 bits per heavy atom. The first-order chi connectivity index (χ1) is 18.7. The van der Waals surface area contributed by atoms with Gasteiger partial charge in [-0.3, -0.25) is 13.9 Å². The van der Waals surface area contributed by atoms with Crippen molar-refractivity contribution in [2.24, 2.45) is 0 Å². The van der Waals surface area contributed by atoms with Crippen molar-refractivity contribution < 1.29 is 18.0 Å². The second-order valence-corrected chi connectivity index (χ2v) is 11.5. The Bertz CT molecular complexity index is 1340. The molecule has 208 valence electrons. The summed E-state index contributed by atoms with van der Waals surface area (Å²) in [4.78, 5) is 28.8. The number of aryl methyl sites for hydroxylation is 2. The standard InChI is InChI=1S/C31H39N3O4S/c1-5-7-20-32-31(36)29(6-2)33(22-26-14-10-8-11-15-26)30(35)23-34(27-19-18-24(3)25(4)21-27)39(37,38)28-16-12-9-13-17-28/h8-19,21,29H,5-7,20,22-23H2,1-4H3,(H,32,36). The lowest BCUT2D eigenvalue weighted by atomic mass is 10.1. The molecule has 1 atom stereocenters. The van der Waals surface area contributed by atoms with Crippen LogP contribution in [0.25, 0.3) is 0 Å². The normalized spacial score (nSPS) is 12.0. The Hall–Kier alpha value is -3.65. The summed E-state index contributed by atoms with van der Waals surface area (Å²) in [6.45, 7) is 8.03. The number of anilines is 1. The van der Waals surface area contributed by atoms with Crippen molar-refractivity contribution in [3.05, 3.63) is 95.6 Å². The third kappa shape index (κ3) is 7.69. The highest BCUT2D eigenvalue weighted by molar-refractivity contribution is 7.92. The van der Waals surface area contributed by atoms with Gasteiger partial charge < -0.3 is 10.2 Å². The van der Waals surface area contributed by atoms with Crippen LogP contribution in [0.5, 0.6) is 0 Å². The van der Waals surface area contributed by atoms with Crippen molar-refractivity contribution in [1.29, 1.82) is 0 Å². The van der Waals surface area contributed by atoms with E-state index in [-0.39, 0.29) is 17.3 Å². The molecular formula is C31H39N3O4S. The molecule has 0 aliphatic rings. The topological polar surface area (TPSA) is 86.8 Å². The number of carbonyl (C=O) groups is 2. The molecule has 0 saturated heterocycles. The largest absolute Gasteiger partial charge is 0.354 e. The zero-order valence-electron chi connectivity index (χ0n) is 23.3. The van der Waals surface area contributed by atoms with E-state index in [1.807, 2.05) is 64.1 Å². The fourth-order valence-corrected chi connectivity index (χ4v) is 5.76. The molecule has 2 amide bonds. The molecule has 0 spiro atoms. The Labute approximate surface area is 232 Å². The van der Waals surface area contributed by atoms with E-state index in [2.05, 4.69) is 5.32 Å². The first-order valence-electron chi connectivity index (χ1n) is 13.4. The molecule has 1 unspecified atom stereocenters. The zero-order valence-corrected chi connectivity index (χ0v) is 24.1. The van der Waals surface area contributed by atoms with E-state index in [0.29, 0.717) is 18.7 Å². The Kier molecular flexibility index (Phi) is 10.7. The van der Waals surface area contributed by atoms with E-state index in [1.165, 1.54) is 17.0 Å². The van der Waals surface area contributed by atoms with Crippen LogP contribution in [0.15, 0.2) is 83.8 Å². The number of rotatable bonds is 13. The van der Waals surface area contributed by atoms with Crippen molar-refractivity contribution >= 4 is 27.5 Å². The third-order valence-electron chi connectivity index (χ3n) is 6.80. The van der Waals surface area contributed by atoms with Gasteiger partial charge in [0.15, 0.2) is 0 Å². The van der Waals surface area contributed by atoms with Gasteiger partial charge in [0.05, 0.1) is 10.6 Å². The van der Waals surface area contributed by atoms with Crippen molar-refractivity contribution in [3.8, 4) is 0 Å². The smallest absolute Gasteiger partial charge is 0.264 e. The molecule has 0 aromatic heterocycles. The van der Waals surface area contributed by atoms with Gasteiger partial charge in [0.25, 0.3) is 10.0 Å². The molecule has 39 heavy (non-hydrogen) atoms. The Morgan fingerprint density at radius 2 is 1.51 bits per heavy atom. The lowest BCUT2D eigenvalue weighted by molar-refractivity contribution is -0.140. The van der Waals surface area contributed by atoms with Gasteiger partial charge in [-0.25, -0.2) is 8.42 Å². The fraction of sp³-hybridized carbons (Fsp3) is 0.355. The van der Waals surface area contributed by atoms with Crippen LogP contribution in [0.1, 0.15) is 49.8 Å². The second-order valence-electron chi connectivity index (χ2n) is 9.67. The minimum Gasteiger partial charge on any atom is -0.354 e. The van der Waals surface area contributed by atoms with Gasteiger partial charge in [0.1, 0.15) is 12.6 Å². The van der Waals surface area contributed by atoms with Gasteiger partial charge in [0.2, 0.25) is 11.8 Å². The number of amides is 2. The first kappa shape index (κ1) is 29.9. The average Bonchev–Trinajstić information content (AvgIpc) is 2.94. The Morgan fingerprint density at radius 1 is 0.872 bits per heavy atom. The van der Waals surface area contributed by atoms with Gasteiger partial charge in [0, 0.05) is 13.1 Å². The van der Waals surface area contributed by atoms with E-state index < -0.39 is 28.5 Å². The summed E-state index contributed by atoms with van der Waals surface area (Å²) in [5.41, 5.74) is 3.18. The van der Waals surface area contributed by atoms with Crippen molar-refractivity contribution in [2.75, 3.05) is 17.4 Å². The van der Waals surface area contributed by atoms with E-state index in [4.69, 9.17) is 0 Å². The molecule has 1 N–H and O–H groups in total. The van der Waals surface area contributed by atoms with E-state index in [9.17, 15) is 18.0 Å². The van der Waals surface area contributed by atoms with Crippen molar-refractivity contribution in [3.63, 3.8) is 0 Å². The molecule has 0 bridgehead atoms. The van der Waals surface area contributed by atoms with E-state index >= 15 is 0 Å². The maximum atomic E-state index is 14.0. The molecule has 0 aliphatic heterocycles. The quantitative estimate of drug-likeness (QED) is 0.296. The van der Waals surface area contributed by atoms with Crippen LogP contribution in [0, 0.1) is 13.8 Å². The highest BCUT2D eigenvalue weighted by atomic mass is 32.2. The van der Waals surface area contributed by atoms with Crippen LogP contribution in [-0.4, -0.2) is 44.3 Å². The van der Waals surface area contributed by atoms with Gasteiger partial charge in [-0.05, 0) is 67.6 Å². The number of nitrogens with one attached hydrogen (secondary N) is 1. The van der Waals surface area contributed by atoms with Crippen LogP contribution >= 0.6 is 0 Å². The number of unbranched alkanes of at least 4 members (excludes halogenated alkanes) is 1. The third-order valence-corrected chi connectivity index (χ3v) is 8.59.